The Balaban J connectivity index is 1.85. The summed E-state index contributed by atoms with van der Waals surface area (Å²) in [6.07, 6.45) is 1.07. The first-order valence-corrected chi connectivity index (χ1v) is 10.8. The van der Waals surface area contributed by atoms with Crippen molar-refractivity contribution in [2.24, 2.45) is 0 Å². The van der Waals surface area contributed by atoms with Crippen LogP contribution in [0.2, 0.25) is 10.0 Å². The number of hydrogen-bond acceptors (Lipinski definition) is 6. The normalized spacial score (nSPS) is 11.5. The molecule has 10 heteroatoms. The van der Waals surface area contributed by atoms with Gasteiger partial charge in [-0.05, 0) is 58.6 Å². The molecule has 0 unspecified atom stereocenters. The number of fused-ring (bicyclic) bond motifs is 1. The Bertz CT molecular complexity index is 1100. The molecule has 0 aliphatic heterocycles. The van der Waals surface area contributed by atoms with Crippen LogP contribution in [0.15, 0.2) is 18.2 Å². The first kappa shape index (κ1) is 23.2. The number of amides is 1. The Labute approximate surface area is 192 Å². The van der Waals surface area contributed by atoms with Crippen LogP contribution in [0.3, 0.4) is 0 Å². The van der Waals surface area contributed by atoms with Crippen molar-refractivity contribution >= 4 is 40.8 Å². The van der Waals surface area contributed by atoms with E-state index in [4.69, 9.17) is 28.9 Å². The minimum Gasteiger partial charge on any atom is -0.366 e. The van der Waals surface area contributed by atoms with Gasteiger partial charge in [-0.25, -0.2) is 4.98 Å². The van der Waals surface area contributed by atoms with E-state index in [0.29, 0.717) is 28.9 Å². The molecular formula is C21H27Cl2N7O. The Morgan fingerprint density at radius 1 is 1.13 bits per heavy atom. The van der Waals surface area contributed by atoms with Gasteiger partial charge in [-0.3, -0.25) is 4.79 Å². The smallest absolute Gasteiger partial charge is 0.254 e. The second-order valence-corrected chi connectivity index (χ2v) is 8.65. The van der Waals surface area contributed by atoms with Crippen molar-refractivity contribution < 1.29 is 4.79 Å². The molecule has 0 aliphatic rings. The molecule has 0 saturated carbocycles. The zero-order valence-corrected chi connectivity index (χ0v) is 19.7. The van der Waals surface area contributed by atoms with Crippen LogP contribution in [0.4, 0.5) is 5.95 Å². The van der Waals surface area contributed by atoms with Gasteiger partial charge in [-0.1, -0.05) is 29.3 Å². The van der Waals surface area contributed by atoms with E-state index in [2.05, 4.69) is 20.0 Å². The average molecular weight is 464 g/mol. The summed E-state index contributed by atoms with van der Waals surface area (Å²) in [5.74, 6) is 0.594. The Kier molecular flexibility index (Phi) is 7.35. The summed E-state index contributed by atoms with van der Waals surface area (Å²) in [5, 5.41) is 5.16. The van der Waals surface area contributed by atoms with Crippen LogP contribution < -0.4 is 5.73 Å². The molecule has 0 aliphatic carbocycles. The van der Waals surface area contributed by atoms with E-state index >= 15 is 0 Å². The van der Waals surface area contributed by atoms with Gasteiger partial charge in [-0.15, -0.1) is 5.10 Å². The summed E-state index contributed by atoms with van der Waals surface area (Å²) in [4.78, 5) is 25.9. The molecular weight excluding hydrogens is 437 g/mol. The topological polar surface area (TPSA) is 92.6 Å². The standard InChI is InChI=1S/C21H27Cl2N7O/c1-13-16(14(2)30-21(25-13)26-20(24)27-30)11-19(31)29(9-5-8-28(3)4)12-15-6-7-17(22)18(23)10-15/h6-7,10H,5,8-9,11-12H2,1-4H3,(H2,24,27). The van der Waals surface area contributed by atoms with Crippen LogP contribution in [0.25, 0.3) is 5.78 Å². The molecule has 3 aromatic rings. The monoisotopic (exact) mass is 463 g/mol. The number of nitrogen functional groups attached to an aromatic ring is 1. The summed E-state index contributed by atoms with van der Waals surface area (Å²) in [6.45, 7) is 5.73. The number of hydrogen-bond donors (Lipinski definition) is 1. The molecule has 2 heterocycles. The predicted octanol–water partition coefficient (Wildman–Crippen LogP) is 3.15. The highest BCUT2D eigenvalue weighted by molar-refractivity contribution is 6.42. The van der Waals surface area contributed by atoms with Gasteiger partial charge < -0.3 is 15.5 Å². The maximum atomic E-state index is 13.3. The SMILES string of the molecule is Cc1nc2nc(N)nn2c(C)c1CC(=O)N(CCCN(C)C)Cc1ccc(Cl)c(Cl)c1. The third-order valence-electron chi connectivity index (χ3n) is 5.14. The van der Waals surface area contributed by atoms with Gasteiger partial charge >= 0.3 is 0 Å². The zero-order valence-electron chi connectivity index (χ0n) is 18.2. The molecule has 0 spiro atoms. The van der Waals surface area contributed by atoms with E-state index in [1.165, 1.54) is 0 Å². The lowest BCUT2D eigenvalue weighted by molar-refractivity contribution is -0.131. The summed E-state index contributed by atoms with van der Waals surface area (Å²) >= 11 is 12.2. The maximum Gasteiger partial charge on any atom is 0.254 e. The highest BCUT2D eigenvalue weighted by Gasteiger charge is 2.20. The Hall–Kier alpha value is -2.42. The highest BCUT2D eigenvalue weighted by atomic mass is 35.5. The molecule has 0 bridgehead atoms. The number of rotatable bonds is 8. The lowest BCUT2D eigenvalue weighted by Crippen LogP contribution is -2.34. The van der Waals surface area contributed by atoms with Crippen LogP contribution >= 0.6 is 23.2 Å². The summed E-state index contributed by atoms with van der Waals surface area (Å²) in [7, 11) is 4.03. The third-order valence-corrected chi connectivity index (χ3v) is 5.88. The molecule has 8 nitrogen and oxygen atoms in total. The number of carbonyl (C=O) groups excluding carboxylic acids is 1. The zero-order chi connectivity index (χ0) is 22.7. The van der Waals surface area contributed by atoms with Crippen LogP contribution in [-0.4, -0.2) is 62.5 Å². The molecule has 0 atom stereocenters. The second kappa shape index (κ2) is 9.80. The van der Waals surface area contributed by atoms with Gasteiger partial charge in [0.15, 0.2) is 0 Å². The maximum absolute atomic E-state index is 13.3. The van der Waals surface area contributed by atoms with Gasteiger partial charge in [0.25, 0.3) is 5.78 Å². The first-order chi connectivity index (χ1) is 14.7. The third kappa shape index (κ3) is 5.64. The van der Waals surface area contributed by atoms with Crippen molar-refractivity contribution in [3.8, 4) is 0 Å². The Morgan fingerprint density at radius 3 is 2.55 bits per heavy atom. The van der Waals surface area contributed by atoms with E-state index in [1.54, 1.807) is 16.6 Å². The number of anilines is 1. The van der Waals surface area contributed by atoms with E-state index < -0.39 is 0 Å². The molecule has 166 valence electrons. The van der Waals surface area contributed by atoms with Crippen LogP contribution in [0.1, 0.15) is 28.9 Å². The van der Waals surface area contributed by atoms with Crippen LogP contribution in [0, 0.1) is 13.8 Å². The number of halogens is 2. The minimum atomic E-state index is 0.00488. The number of aryl methyl sites for hydroxylation is 2. The number of carbonyl (C=O) groups is 1. The predicted molar refractivity (Wildman–Crippen MR) is 123 cm³/mol. The van der Waals surface area contributed by atoms with Gasteiger partial charge in [0.05, 0.1) is 16.5 Å². The largest absolute Gasteiger partial charge is 0.366 e. The van der Waals surface area contributed by atoms with E-state index in [-0.39, 0.29) is 18.3 Å². The van der Waals surface area contributed by atoms with Crippen molar-refractivity contribution in [2.75, 3.05) is 32.9 Å². The van der Waals surface area contributed by atoms with E-state index in [0.717, 1.165) is 35.5 Å². The lowest BCUT2D eigenvalue weighted by Gasteiger charge is -2.25. The van der Waals surface area contributed by atoms with E-state index in [9.17, 15) is 4.79 Å². The molecule has 2 aromatic heterocycles. The molecule has 1 amide bonds. The molecule has 0 saturated heterocycles. The quantitative estimate of drug-likeness (QED) is 0.551. The first-order valence-electron chi connectivity index (χ1n) is 10.0. The summed E-state index contributed by atoms with van der Waals surface area (Å²) in [6, 6.07) is 5.45. The van der Waals surface area contributed by atoms with Crippen molar-refractivity contribution in [2.45, 2.75) is 33.2 Å². The summed E-state index contributed by atoms with van der Waals surface area (Å²) in [5.41, 5.74) is 9.02. The number of nitrogens with zero attached hydrogens (tertiary/aromatic N) is 6. The van der Waals surface area contributed by atoms with Crippen molar-refractivity contribution in [1.82, 2.24) is 29.4 Å². The van der Waals surface area contributed by atoms with E-state index in [1.807, 2.05) is 38.9 Å². The number of aromatic nitrogens is 4. The molecule has 0 radical (unpaired) electrons. The van der Waals surface area contributed by atoms with Crippen molar-refractivity contribution in [3.05, 3.63) is 50.8 Å². The summed E-state index contributed by atoms with van der Waals surface area (Å²) < 4.78 is 1.58. The highest BCUT2D eigenvalue weighted by Crippen LogP contribution is 2.24. The molecule has 3 rings (SSSR count). The van der Waals surface area contributed by atoms with Crippen LogP contribution in [0.5, 0.6) is 0 Å². The lowest BCUT2D eigenvalue weighted by atomic mass is 10.1. The number of benzene rings is 1. The second-order valence-electron chi connectivity index (χ2n) is 7.84. The van der Waals surface area contributed by atoms with Gasteiger partial charge in [0.2, 0.25) is 11.9 Å². The van der Waals surface area contributed by atoms with Gasteiger partial charge in [0.1, 0.15) is 0 Å². The van der Waals surface area contributed by atoms with Gasteiger partial charge in [-0.2, -0.15) is 9.50 Å². The minimum absolute atomic E-state index is 0.00488. The molecule has 2 N–H and O–H groups in total. The fourth-order valence-electron chi connectivity index (χ4n) is 3.47. The number of nitrogens with two attached hydrogens (primary N) is 1. The molecule has 1 aromatic carbocycles. The average Bonchev–Trinajstić information content (AvgIpc) is 3.07. The van der Waals surface area contributed by atoms with Crippen molar-refractivity contribution in [1.29, 1.82) is 0 Å². The molecule has 0 fully saturated rings. The van der Waals surface area contributed by atoms with Crippen molar-refractivity contribution in [3.63, 3.8) is 0 Å². The Morgan fingerprint density at radius 2 is 1.87 bits per heavy atom. The van der Waals surface area contributed by atoms with Gasteiger partial charge in [0, 0.05) is 30.0 Å². The molecule has 31 heavy (non-hydrogen) atoms. The fraction of sp³-hybridized carbons (Fsp3) is 0.429. The van der Waals surface area contributed by atoms with Crippen LogP contribution in [-0.2, 0) is 17.8 Å². The fourth-order valence-corrected chi connectivity index (χ4v) is 3.79.